The topological polar surface area (TPSA) is 75.6 Å². The average molecular weight is 248 g/mol. The smallest absolute Gasteiger partial charge is 0.190 e. The molecule has 90 valence electrons. The van der Waals surface area contributed by atoms with Crippen molar-refractivity contribution in [2.24, 2.45) is 0 Å². The third kappa shape index (κ3) is 2.70. The standard InChI is InChI=1S/C12H16N4S/c1-3-7(2)17-12-15-10(8-4-5-8)9(6-13)11(14)16-12/h7-8H,3-5H2,1-2H3,(H2,14,15,16)/t7-/m0/s1. The van der Waals surface area contributed by atoms with Crippen molar-refractivity contribution in [2.75, 3.05) is 5.73 Å². The summed E-state index contributed by atoms with van der Waals surface area (Å²) in [5.41, 5.74) is 7.15. The molecule has 1 heterocycles. The zero-order valence-electron chi connectivity index (χ0n) is 10.1. The van der Waals surface area contributed by atoms with Gasteiger partial charge in [-0.15, -0.1) is 0 Å². The van der Waals surface area contributed by atoms with Crippen LogP contribution in [0, 0.1) is 11.3 Å². The lowest BCUT2D eigenvalue weighted by Crippen LogP contribution is -2.06. The van der Waals surface area contributed by atoms with Gasteiger partial charge < -0.3 is 5.73 Å². The molecule has 1 saturated carbocycles. The van der Waals surface area contributed by atoms with E-state index in [4.69, 9.17) is 11.0 Å². The molecular formula is C12H16N4S. The summed E-state index contributed by atoms with van der Waals surface area (Å²) < 4.78 is 0. The second kappa shape index (κ2) is 4.92. The number of rotatable bonds is 4. The number of nitrogen functional groups attached to an aromatic ring is 1. The van der Waals surface area contributed by atoms with Crippen LogP contribution >= 0.6 is 11.8 Å². The fraction of sp³-hybridized carbons (Fsp3) is 0.583. The molecule has 0 spiro atoms. The number of thioether (sulfide) groups is 1. The zero-order chi connectivity index (χ0) is 12.4. The van der Waals surface area contributed by atoms with Gasteiger partial charge in [-0.1, -0.05) is 25.6 Å². The van der Waals surface area contributed by atoms with Gasteiger partial charge in [-0.05, 0) is 19.3 Å². The molecule has 2 rings (SSSR count). The highest BCUT2D eigenvalue weighted by Crippen LogP contribution is 2.42. The molecule has 0 saturated heterocycles. The van der Waals surface area contributed by atoms with E-state index in [1.807, 2.05) is 0 Å². The van der Waals surface area contributed by atoms with Gasteiger partial charge in [0.25, 0.3) is 0 Å². The summed E-state index contributed by atoms with van der Waals surface area (Å²) in [5, 5.41) is 10.3. The minimum atomic E-state index is 0.329. The Kier molecular flexibility index (Phi) is 3.53. The molecular weight excluding hydrogens is 232 g/mol. The van der Waals surface area contributed by atoms with Gasteiger partial charge in [-0.3, -0.25) is 0 Å². The van der Waals surface area contributed by atoms with Crippen molar-refractivity contribution >= 4 is 17.6 Å². The van der Waals surface area contributed by atoms with Gasteiger partial charge in [-0.25, -0.2) is 9.97 Å². The van der Waals surface area contributed by atoms with Crippen LogP contribution in [-0.4, -0.2) is 15.2 Å². The zero-order valence-corrected chi connectivity index (χ0v) is 10.9. The van der Waals surface area contributed by atoms with Gasteiger partial charge in [-0.2, -0.15) is 5.26 Å². The van der Waals surface area contributed by atoms with Crippen LogP contribution in [0.2, 0.25) is 0 Å². The minimum absolute atomic E-state index is 0.329. The predicted molar refractivity (Wildman–Crippen MR) is 68.7 cm³/mol. The van der Waals surface area contributed by atoms with Gasteiger partial charge in [0.15, 0.2) is 5.16 Å². The monoisotopic (exact) mass is 248 g/mol. The largest absolute Gasteiger partial charge is 0.382 e. The maximum atomic E-state index is 9.08. The molecule has 5 heteroatoms. The van der Waals surface area contributed by atoms with Crippen LogP contribution in [0.5, 0.6) is 0 Å². The van der Waals surface area contributed by atoms with E-state index in [9.17, 15) is 0 Å². The van der Waals surface area contributed by atoms with Crippen LogP contribution in [0.4, 0.5) is 5.82 Å². The summed E-state index contributed by atoms with van der Waals surface area (Å²) in [5.74, 6) is 0.751. The first-order chi connectivity index (χ1) is 8.15. The summed E-state index contributed by atoms with van der Waals surface area (Å²) in [7, 11) is 0. The molecule has 0 unspecified atom stereocenters. The van der Waals surface area contributed by atoms with Gasteiger partial charge in [0.05, 0.1) is 5.69 Å². The first-order valence-electron chi connectivity index (χ1n) is 5.89. The highest BCUT2D eigenvalue weighted by atomic mass is 32.2. The van der Waals surface area contributed by atoms with E-state index in [2.05, 4.69) is 29.9 Å². The van der Waals surface area contributed by atoms with Crippen molar-refractivity contribution in [3.05, 3.63) is 11.3 Å². The molecule has 1 aromatic heterocycles. The van der Waals surface area contributed by atoms with Gasteiger partial charge in [0.1, 0.15) is 17.5 Å². The number of hydrogen-bond acceptors (Lipinski definition) is 5. The predicted octanol–water partition coefficient (Wildman–Crippen LogP) is 2.70. The van der Waals surface area contributed by atoms with Crippen molar-refractivity contribution in [3.63, 3.8) is 0 Å². The Morgan fingerprint density at radius 3 is 2.76 bits per heavy atom. The van der Waals surface area contributed by atoms with E-state index in [0.29, 0.717) is 27.7 Å². The highest BCUT2D eigenvalue weighted by Gasteiger charge is 2.30. The van der Waals surface area contributed by atoms with E-state index in [1.54, 1.807) is 11.8 Å². The van der Waals surface area contributed by atoms with Crippen molar-refractivity contribution in [1.29, 1.82) is 5.26 Å². The first-order valence-corrected chi connectivity index (χ1v) is 6.77. The molecule has 0 amide bonds. The quantitative estimate of drug-likeness (QED) is 0.655. The number of hydrogen-bond donors (Lipinski definition) is 1. The van der Waals surface area contributed by atoms with Crippen LogP contribution in [0.1, 0.15) is 50.3 Å². The second-order valence-corrected chi connectivity index (χ2v) is 5.78. The third-order valence-corrected chi connectivity index (χ3v) is 4.03. The fourth-order valence-corrected chi connectivity index (χ4v) is 2.39. The maximum Gasteiger partial charge on any atom is 0.190 e. The number of aromatic nitrogens is 2. The van der Waals surface area contributed by atoms with E-state index in [0.717, 1.165) is 25.0 Å². The molecule has 2 N–H and O–H groups in total. The van der Waals surface area contributed by atoms with E-state index < -0.39 is 0 Å². The van der Waals surface area contributed by atoms with Gasteiger partial charge in [0, 0.05) is 11.2 Å². The molecule has 4 nitrogen and oxygen atoms in total. The van der Waals surface area contributed by atoms with Crippen LogP contribution in [0.15, 0.2) is 5.16 Å². The minimum Gasteiger partial charge on any atom is -0.382 e. The molecule has 1 atom stereocenters. The molecule has 0 aromatic carbocycles. The van der Waals surface area contributed by atoms with E-state index >= 15 is 0 Å². The lowest BCUT2D eigenvalue weighted by atomic mass is 10.1. The SMILES string of the molecule is CC[C@H](C)Sc1nc(N)c(C#N)c(C2CC2)n1. The summed E-state index contributed by atoms with van der Waals surface area (Å²) in [4.78, 5) is 8.71. The van der Waals surface area contributed by atoms with Crippen molar-refractivity contribution in [1.82, 2.24) is 9.97 Å². The van der Waals surface area contributed by atoms with Gasteiger partial charge >= 0.3 is 0 Å². The summed E-state index contributed by atoms with van der Waals surface area (Å²) in [6.45, 7) is 4.27. The fourth-order valence-electron chi connectivity index (χ4n) is 1.56. The molecule has 17 heavy (non-hydrogen) atoms. The van der Waals surface area contributed by atoms with Crippen molar-refractivity contribution in [3.8, 4) is 6.07 Å². The number of nitrogens with two attached hydrogens (primary N) is 1. The van der Waals surface area contributed by atoms with Crippen molar-refractivity contribution in [2.45, 2.75) is 49.4 Å². The Morgan fingerprint density at radius 1 is 1.53 bits per heavy atom. The Morgan fingerprint density at radius 2 is 2.24 bits per heavy atom. The molecule has 0 aliphatic heterocycles. The number of anilines is 1. The van der Waals surface area contributed by atoms with Crippen LogP contribution in [-0.2, 0) is 0 Å². The second-order valence-electron chi connectivity index (χ2n) is 4.37. The number of nitriles is 1. The summed E-state index contributed by atoms with van der Waals surface area (Å²) in [6.07, 6.45) is 3.28. The van der Waals surface area contributed by atoms with Gasteiger partial charge in [0.2, 0.25) is 0 Å². The lowest BCUT2D eigenvalue weighted by Gasteiger charge is -2.10. The Balaban J connectivity index is 2.33. The maximum absolute atomic E-state index is 9.08. The van der Waals surface area contributed by atoms with Crippen LogP contribution < -0.4 is 5.73 Å². The normalized spacial score (nSPS) is 16.5. The van der Waals surface area contributed by atoms with E-state index in [-0.39, 0.29) is 0 Å². The first kappa shape index (κ1) is 12.2. The molecule has 1 aliphatic carbocycles. The Labute approximate surface area is 106 Å². The lowest BCUT2D eigenvalue weighted by molar-refractivity contribution is 0.857. The Bertz CT molecular complexity index is 462. The Hall–Kier alpha value is -1.28. The average Bonchev–Trinajstić information content (AvgIpc) is 3.12. The number of nitrogens with zero attached hydrogens (tertiary/aromatic N) is 3. The van der Waals surface area contributed by atoms with Crippen LogP contribution in [0.25, 0.3) is 0 Å². The molecule has 0 radical (unpaired) electrons. The molecule has 1 aromatic rings. The van der Waals surface area contributed by atoms with E-state index in [1.165, 1.54) is 0 Å². The molecule has 0 bridgehead atoms. The highest BCUT2D eigenvalue weighted by molar-refractivity contribution is 7.99. The summed E-state index contributed by atoms with van der Waals surface area (Å²) >= 11 is 1.62. The summed E-state index contributed by atoms with van der Waals surface area (Å²) in [6, 6.07) is 2.12. The van der Waals surface area contributed by atoms with Crippen LogP contribution in [0.3, 0.4) is 0 Å². The third-order valence-electron chi connectivity index (χ3n) is 2.90. The molecule has 1 aliphatic rings. The van der Waals surface area contributed by atoms with Crippen molar-refractivity contribution < 1.29 is 0 Å². The molecule has 1 fully saturated rings.